The molecule has 0 fully saturated rings. The third-order valence-electron chi connectivity index (χ3n) is 3.01. The predicted molar refractivity (Wildman–Crippen MR) is 78.6 cm³/mol. The maximum absolute atomic E-state index is 6.25. The van der Waals surface area contributed by atoms with Crippen LogP contribution in [0.5, 0.6) is 0 Å². The lowest BCUT2D eigenvalue weighted by Gasteiger charge is -2.21. The third-order valence-corrected chi connectivity index (χ3v) is 3.33. The number of benzene rings is 2. The fraction of sp³-hybridized carbons (Fsp3) is 0.200. The molecule has 0 spiro atoms. The van der Waals surface area contributed by atoms with Gasteiger partial charge in [-0.2, -0.15) is 0 Å². The van der Waals surface area contributed by atoms with Crippen LogP contribution in [0.1, 0.15) is 18.5 Å². The van der Waals surface area contributed by atoms with Crippen LogP contribution in [0.3, 0.4) is 0 Å². The maximum atomic E-state index is 6.25. The summed E-state index contributed by atoms with van der Waals surface area (Å²) in [4.78, 5) is 2.09. The van der Waals surface area contributed by atoms with E-state index in [1.54, 1.807) is 0 Å². The fourth-order valence-corrected chi connectivity index (χ4v) is 2.24. The van der Waals surface area contributed by atoms with E-state index in [-0.39, 0.29) is 6.04 Å². The molecule has 3 heteroatoms. The first-order chi connectivity index (χ1) is 8.59. The summed E-state index contributed by atoms with van der Waals surface area (Å²) in [6.45, 7) is 1.93. The van der Waals surface area contributed by atoms with Crippen LogP contribution in [-0.4, -0.2) is 7.05 Å². The van der Waals surface area contributed by atoms with Gasteiger partial charge in [-0.25, -0.2) is 0 Å². The van der Waals surface area contributed by atoms with Gasteiger partial charge >= 0.3 is 0 Å². The van der Waals surface area contributed by atoms with E-state index in [0.29, 0.717) is 5.02 Å². The smallest absolute Gasteiger partial charge is 0.0474 e. The van der Waals surface area contributed by atoms with Gasteiger partial charge in [0.2, 0.25) is 0 Å². The second-order valence-electron chi connectivity index (χ2n) is 4.39. The summed E-state index contributed by atoms with van der Waals surface area (Å²) in [5.41, 5.74) is 9.01. The number of nitrogens with two attached hydrogens (primary N) is 1. The minimum absolute atomic E-state index is 0.0476. The van der Waals surface area contributed by atoms with Crippen molar-refractivity contribution in [1.29, 1.82) is 0 Å². The first-order valence-electron chi connectivity index (χ1n) is 5.93. The molecule has 0 radical (unpaired) electrons. The average molecular weight is 261 g/mol. The molecule has 0 saturated carbocycles. The summed E-state index contributed by atoms with van der Waals surface area (Å²) >= 11 is 6.25. The molecule has 0 aliphatic rings. The van der Waals surface area contributed by atoms with Crippen LogP contribution in [0.4, 0.5) is 11.4 Å². The Kier molecular flexibility index (Phi) is 3.90. The van der Waals surface area contributed by atoms with Gasteiger partial charge in [-0.15, -0.1) is 0 Å². The molecule has 2 rings (SSSR count). The molecule has 0 amide bonds. The molecule has 0 aromatic heterocycles. The van der Waals surface area contributed by atoms with Crippen LogP contribution < -0.4 is 10.6 Å². The van der Waals surface area contributed by atoms with Crippen molar-refractivity contribution in [3.05, 3.63) is 59.1 Å². The van der Waals surface area contributed by atoms with E-state index in [0.717, 1.165) is 16.9 Å². The molecule has 0 aliphatic carbocycles. The van der Waals surface area contributed by atoms with Gasteiger partial charge in [0.1, 0.15) is 0 Å². The second-order valence-corrected chi connectivity index (χ2v) is 4.80. The van der Waals surface area contributed by atoms with Gasteiger partial charge in [0, 0.05) is 29.5 Å². The highest BCUT2D eigenvalue weighted by atomic mass is 35.5. The van der Waals surface area contributed by atoms with Crippen molar-refractivity contribution in [2.24, 2.45) is 5.73 Å². The lowest BCUT2D eigenvalue weighted by atomic mass is 10.1. The summed E-state index contributed by atoms with van der Waals surface area (Å²) in [5.74, 6) is 0. The van der Waals surface area contributed by atoms with Gasteiger partial charge in [0.15, 0.2) is 0 Å². The van der Waals surface area contributed by atoms with Gasteiger partial charge in [0.25, 0.3) is 0 Å². The van der Waals surface area contributed by atoms with Crippen molar-refractivity contribution < 1.29 is 0 Å². The Morgan fingerprint density at radius 3 is 2.28 bits per heavy atom. The van der Waals surface area contributed by atoms with Crippen LogP contribution in [0.25, 0.3) is 0 Å². The SMILES string of the molecule is CC(N)c1ccc(N(C)c2ccccc2)cc1Cl. The van der Waals surface area contributed by atoms with E-state index in [1.807, 2.05) is 50.4 Å². The number of rotatable bonds is 3. The number of hydrogen-bond acceptors (Lipinski definition) is 2. The molecule has 1 unspecified atom stereocenters. The Morgan fingerprint density at radius 1 is 1.06 bits per heavy atom. The summed E-state index contributed by atoms with van der Waals surface area (Å²) in [6.07, 6.45) is 0. The highest BCUT2D eigenvalue weighted by Gasteiger charge is 2.09. The van der Waals surface area contributed by atoms with Crippen LogP contribution in [-0.2, 0) is 0 Å². The summed E-state index contributed by atoms with van der Waals surface area (Å²) in [6, 6.07) is 16.1. The quantitative estimate of drug-likeness (QED) is 0.899. The molecule has 94 valence electrons. The summed E-state index contributed by atoms with van der Waals surface area (Å²) in [5, 5.41) is 0.713. The van der Waals surface area contributed by atoms with Crippen molar-refractivity contribution >= 4 is 23.0 Å². The largest absolute Gasteiger partial charge is 0.345 e. The normalized spacial score (nSPS) is 12.2. The van der Waals surface area contributed by atoms with E-state index in [4.69, 9.17) is 17.3 Å². The lowest BCUT2D eigenvalue weighted by molar-refractivity contribution is 0.818. The Bertz CT molecular complexity index is 523. The van der Waals surface area contributed by atoms with Gasteiger partial charge in [-0.05, 0) is 36.8 Å². The van der Waals surface area contributed by atoms with Crippen molar-refractivity contribution in [3.63, 3.8) is 0 Å². The molecule has 1 atom stereocenters. The Morgan fingerprint density at radius 2 is 1.72 bits per heavy atom. The van der Waals surface area contributed by atoms with Crippen molar-refractivity contribution in [3.8, 4) is 0 Å². The van der Waals surface area contributed by atoms with E-state index in [1.165, 1.54) is 0 Å². The molecule has 2 nitrogen and oxygen atoms in total. The van der Waals surface area contributed by atoms with E-state index < -0.39 is 0 Å². The van der Waals surface area contributed by atoms with Gasteiger partial charge in [-0.1, -0.05) is 35.9 Å². The number of para-hydroxylation sites is 1. The third kappa shape index (κ3) is 2.66. The topological polar surface area (TPSA) is 29.3 Å². The van der Waals surface area contributed by atoms with Crippen molar-refractivity contribution in [2.45, 2.75) is 13.0 Å². The highest BCUT2D eigenvalue weighted by molar-refractivity contribution is 6.31. The van der Waals surface area contributed by atoms with Crippen LogP contribution >= 0.6 is 11.6 Å². The van der Waals surface area contributed by atoms with E-state index >= 15 is 0 Å². The van der Waals surface area contributed by atoms with E-state index in [2.05, 4.69) is 17.0 Å². The van der Waals surface area contributed by atoms with Crippen LogP contribution in [0.15, 0.2) is 48.5 Å². The zero-order chi connectivity index (χ0) is 13.1. The molecule has 2 aromatic rings. The molecule has 0 heterocycles. The minimum atomic E-state index is -0.0476. The number of anilines is 2. The monoisotopic (exact) mass is 260 g/mol. The van der Waals surface area contributed by atoms with Gasteiger partial charge < -0.3 is 10.6 Å². The Labute approximate surface area is 113 Å². The molecular weight excluding hydrogens is 244 g/mol. The second kappa shape index (κ2) is 5.42. The Hall–Kier alpha value is -1.51. The number of nitrogens with zero attached hydrogens (tertiary/aromatic N) is 1. The standard InChI is InChI=1S/C15H17ClN2/c1-11(17)14-9-8-13(10-15(14)16)18(2)12-6-4-3-5-7-12/h3-11H,17H2,1-2H3. The number of halogens is 1. The molecule has 2 aromatic carbocycles. The average Bonchev–Trinajstić information content (AvgIpc) is 2.38. The van der Waals surface area contributed by atoms with E-state index in [9.17, 15) is 0 Å². The van der Waals surface area contributed by atoms with Crippen LogP contribution in [0, 0.1) is 0 Å². The number of hydrogen-bond donors (Lipinski definition) is 1. The molecule has 0 saturated heterocycles. The predicted octanol–water partition coefficient (Wildman–Crippen LogP) is 4.13. The lowest BCUT2D eigenvalue weighted by Crippen LogP contribution is -2.10. The highest BCUT2D eigenvalue weighted by Crippen LogP contribution is 2.29. The molecule has 0 aliphatic heterocycles. The van der Waals surface area contributed by atoms with Crippen molar-refractivity contribution in [1.82, 2.24) is 0 Å². The Balaban J connectivity index is 2.32. The minimum Gasteiger partial charge on any atom is -0.345 e. The maximum Gasteiger partial charge on any atom is 0.0474 e. The van der Waals surface area contributed by atoms with Gasteiger partial charge in [0.05, 0.1) is 0 Å². The molecule has 0 bridgehead atoms. The van der Waals surface area contributed by atoms with Crippen LogP contribution in [0.2, 0.25) is 5.02 Å². The molecular formula is C15H17ClN2. The first-order valence-corrected chi connectivity index (χ1v) is 6.31. The molecule has 18 heavy (non-hydrogen) atoms. The van der Waals surface area contributed by atoms with Crippen molar-refractivity contribution in [2.75, 3.05) is 11.9 Å². The first kappa shape index (κ1) is 12.9. The van der Waals surface area contributed by atoms with Gasteiger partial charge in [-0.3, -0.25) is 0 Å². The zero-order valence-electron chi connectivity index (χ0n) is 10.6. The fourth-order valence-electron chi connectivity index (χ4n) is 1.89. The molecule has 2 N–H and O–H groups in total. The summed E-state index contributed by atoms with van der Waals surface area (Å²) in [7, 11) is 2.02. The zero-order valence-corrected chi connectivity index (χ0v) is 11.4. The summed E-state index contributed by atoms with van der Waals surface area (Å²) < 4.78 is 0.